The van der Waals surface area contributed by atoms with E-state index in [1.807, 2.05) is 0 Å². The third kappa shape index (κ3) is 9.65. The highest BCUT2D eigenvalue weighted by Gasteiger charge is 2.61. The first-order valence-electron chi connectivity index (χ1n) is 17.7. The van der Waals surface area contributed by atoms with E-state index in [1.54, 1.807) is 0 Å². The molecule has 2 heterocycles. The van der Waals surface area contributed by atoms with E-state index in [-0.39, 0.29) is 40.4 Å². The van der Waals surface area contributed by atoms with Crippen LogP contribution in [0.2, 0.25) is 0 Å². The average Bonchev–Trinajstić information content (AvgIpc) is 2.87. The highest BCUT2D eigenvalue weighted by molar-refractivity contribution is 5.76. The first-order chi connectivity index (χ1) is 20.4. The smallest absolute Gasteiger partial charge is 0.310 e. The molecule has 2 saturated heterocycles. The van der Waals surface area contributed by atoms with Gasteiger partial charge < -0.3 is 10.2 Å². The van der Waals surface area contributed by atoms with E-state index in [0.29, 0.717) is 26.1 Å². The normalized spacial score (nSPS) is 22.7. The van der Waals surface area contributed by atoms with Gasteiger partial charge in [0, 0.05) is 28.6 Å². The minimum Gasteiger partial charge on any atom is -0.481 e. The second kappa shape index (κ2) is 16.1. The molecule has 0 atom stereocenters. The zero-order valence-corrected chi connectivity index (χ0v) is 30.1. The Labute approximate surface area is 269 Å². The lowest BCUT2D eigenvalue weighted by atomic mass is 9.52. The number of piperidine rings is 2. The summed E-state index contributed by atoms with van der Waals surface area (Å²) in [4.78, 5) is 37.7. The van der Waals surface area contributed by atoms with Gasteiger partial charge in [0.2, 0.25) is 0 Å². The van der Waals surface area contributed by atoms with Gasteiger partial charge in [-0.25, -0.2) is 0 Å². The molecule has 0 aromatic rings. The molecule has 0 aromatic heterocycles. The number of rotatable bonds is 19. The summed E-state index contributed by atoms with van der Waals surface area (Å²) in [5.41, 5.74) is -2.13. The van der Waals surface area contributed by atoms with Crippen molar-refractivity contribution in [1.82, 2.24) is 10.1 Å². The molecular weight excluding hydrogens is 556 g/mol. The summed E-state index contributed by atoms with van der Waals surface area (Å²) in [6.45, 7) is 23.5. The molecule has 0 aliphatic carbocycles. The summed E-state index contributed by atoms with van der Waals surface area (Å²) < 4.78 is 0. The van der Waals surface area contributed by atoms with Gasteiger partial charge in [-0.05, 0) is 119 Å². The van der Waals surface area contributed by atoms with Gasteiger partial charge in [0.05, 0.1) is 18.6 Å². The lowest BCUT2D eigenvalue weighted by molar-refractivity contribution is -0.307. The second-order valence-electron chi connectivity index (χ2n) is 16.4. The molecule has 2 fully saturated rings. The predicted octanol–water partition coefficient (Wildman–Crippen LogP) is 8.87. The fourth-order valence-electron chi connectivity index (χ4n) is 8.98. The van der Waals surface area contributed by atoms with Gasteiger partial charge in [-0.1, -0.05) is 52.4 Å². The Bertz CT molecular complexity index is 828. The van der Waals surface area contributed by atoms with Gasteiger partial charge >= 0.3 is 11.9 Å². The zero-order chi connectivity index (χ0) is 33.4. The van der Waals surface area contributed by atoms with E-state index >= 15 is 0 Å². The quantitative estimate of drug-likeness (QED) is 0.138. The predicted molar refractivity (Wildman–Crippen MR) is 177 cm³/mol. The van der Waals surface area contributed by atoms with E-state index in [0.717, 1.165) is 77.0 Å². The van der Waals surface area contributed by atoms with Crippen molar-refractivity contribution < 1.29 is 29.5 Å². The van der Waals surface area contributed by atoms with Crippen molar-refractivity contribution in [2.45, 2.75) is 188 Å². The molecule has 2 rings (SSSR count). The van der Waals surface area contributed by atoms with Crippen LogP contribution in [0.25, 0.3) is 0 Å². The molecule has 258 valence electrons. The van der Waals surface area contributed by atoms with Gasteiger partial charge in [0.15, 0.2) is 0 Å². The number of carbonyl (C=O) groups is 2. The Morgan fingerprint density at radius 2 is 1.00 bits per heavy atom. The Morgan fingerprint density at radius 3 is 1.34 bits per heavy atom. The zero-order valence-electron chi connectivity index (χ0n) is 30.1. The molecular formula is C36H68N2O6. The third-order valence-electron chi connectivity index (χ3n) is 10.5. The standard InChI is InChI=1S/C36H68N2O6/c1-11-13-22-43-37-32(3,4)24-28(25-33(37,5)6)36(31(41)42,21-19-17-15-16-18-20-30(39)40)29-26-34(7,8)38(35(9,10)27-29)44-23-14-12-2/h28-29H,11-27H2,1-10H3,(H,39,40)(H,41,42). The molecule has 0 aromatic carbocycles. The molecule has 2 aliphatic rings. The summed E-state index contributed by atoms with van der Waals surface area (Å²) in [6.07, 6.45) is 12.3. The number of carboxylic acid groups (broad SMARTS) is 2. The number of nitrogens with zero attached hydrogens (tertiary/aromatic N) is 2. The number of aliphatic carboxylic acids is 2. The van der Waals surface area contributed by atoms with Crippen molar-refractivity contribution in [2.75, 3.05) is 13.2 Å². The first kappa shape index (κ1) is 39.0. The molecule has 2 N–H and O–H groups in total. The fourth-order valence-corrected chi connectivity index (χ4v) is 8.98. The van der Waals surface area contributed by atoms with Crippen LogP contribution in [-0.2, 0) is 19.3 Å². The van der Waals surface area contributed by atoms with E-state index < -0.39 is 17.4 Å². The van der Waals surface area contributed by atoms with Crippen LogP contribution < -0.4 is 0 Å². The third-order valence-corrected chi connectivity index (χ3v) is 10.5. The van der Waals surface area contributed by atoms with Gasteiger partial charge in [0.25, 0.3) is 0 Å². The Morgan fingerprint density at radius 1 is 0.636 bits per heavy atom. The van der Waals surface area contributed by atoms with E-state index in [2.05, 4.69) is 79.4 Å². The Kier molecular flexibility index (Phi) is 14.2. The van der Waals surface area contributed by atoms with E-state index in [9.17, 15) is 14.7 Å². The largest absolute Gasteiger partial charge is 0.481 e. The molecule has 0 saturated carbocycles. The molecule has 0 unspecified atom stereocenters. The first-order valence-corrected chi connectivity index (χ1v) is 17.7. The molecule has 44 heavy (non-hydrogen) atoms. The van der Waals surface area contributed by atoms with Crippen molar-refractivity contribution in [3.63, 3.8) is 0 Å². The lowest BCUT2D eigenvalue weighted by Gasteiger charge is -2.61. The maximum atomic E-state index is 13.9. The molecule has 8 heteroatoms. The van der Waals surface area contributed by atoms with Crippen LogP contribution in [0, 0.1) is 17.3 Å². The summed E-state index contributed by atoms with van der Waals surface area (Å²) >= 11 is 0. The number of hydrogen-bond donors (Lipinski definition) is 2. The SMILES string of the molecule is CCCCON1C(C)(C)CC(C(CCCCCCCC(=O)O)(C(=O)O)C2CC(C)(C)N(OCCCC)C(C)(C)C2)CC1(C)C. The van der Waals surface area contributed by atoms with Gasteiger partial charge in [0.1, 0.15) is 0 Å². The average molecular weight is 625 g/mol. The lowest BCUT2D eigenvalue weighted by Crippen LogP contribution is -2.67. The second-order valence-corrected chi connectivity index (χ2v) is 16.4. The fraction of sp³-hybridized carbons (Fsp3) is 0.944. The van der Waals surface area contributed by atoms with Crippen molar-refractivity contribution in [3.8, 4) is 0 Å². The van der Waals surface area contributed by atoms with Crippen LogP contribution >= 0.6 is 0 Å². The summed E-state index contributed by atoms with van der Waals surface area (Å²) in [5.74, 6) is -1.42. The molecule has 0 radical (unpaired) electrons. The molecule has 0 amide bonds. The minimum atomic E-state index is -0.880. The Balaban J connectivity index is 2.47. The summed E-state index contributed by atoms with van der Waals surface area (Å²) in [5, 5.41) is 24.8. The molecule has 0 spiro atoms. The van der Waals surface area contributed by atoms with Crippen LogP contribution in [-0.4, -0.2) is 67.6 Å². The van der Waals surface area contributed by atoms with Gasteiger partial charge in [-0.15, -0.1) is 0 Å². The van der Waals surface area contributed by atoms with E-state index in [4.69, 9.17) is 14.8 Å². The van der Waals surface area contributed by atoms with Crippen molar-refractivity contribution in [2.24, 2.45) is 17.3 Å². The highest BCUT2D eigenvalue weighted by Crippen LogP contribution is 2.58. The van der Waals surface area contributed by atoms with E-state index in [1.165, 1.54) is 0 Å². The molecule has 2 aliphatic heterocycles. The highest BCUT2D eigenvalue weighted by atomic mass is 16.7. The van der Waals surface area contributed by atoms with Crippen molar-refractivity contribution in [1.29, 1.82) is 0 Å². The van der Waals surface area contributed by atoms with Crippen LogP contribution in [0.4, 0.5) is 0 Å². The monoisotopic (exact) mass is 625 g/mol. The van der Waals surface area contributed by atoms with Crippen molar-refractivity contribution in [3.05, 3.63) is 0 Å². The van der Waals surface area contributed by atoms with Crippen LogP contribution in [0.3, 0.4) is 0 Å². The maximum absolute atomic E-state index is 13.9. The number of hydroxylamine groups is 4. The summed E-state index contributed by atoms with van der Waals surface area (Å²) in [7, 11) is 0. The van der Waals surface area contributed by atoms with Gasteiger partial charge in [-0.3, -0.25) is 19.3 Å². The van der Waals surface area contributed by atoms with Crippen molar-refractivity contribution >= 4 is 11.9 Å². The molecule has 8 nitrogen and oxygen atoms in total. The van der Waals surface area contributed by atoms with Crippen LogP contribution in [0.5, 0.6) is 0 Å². The van der Waals surface area contributed by atoms with Crippen LogP contribution in [0.15, 0.2) is 0 Å². The van der Waals surface area contributed by atoms with Gasteiger partial charge in [-0.2, -0.15) is 10.1 Å². The minimum absolute atomic E-state index is 0.00723. The Hall–Kier alpha value is -1.22. The molecule has 0 bridgehead atoms. The number of carboxylic acids is 2. The topological polar surface area (TPSA) is 99.5 Å². The maximum Gasteiger partial charge on any atom is 0.310 e. The van der Waals surface area contributed by atoms with Crippen LogP contribution in [0.1, 0.15) is 166 Å². The summed E-state index contributed by atoms with van der Waals surface area (Å²) in [6, 6.07) is 0. The number of hydrogen-bond acceptors (Lipinski definition) is 6. The number of unbranched alkanes of at least 4 members (excludes halogenated alkanes) is 6.